The fourth-order valence-corrected chi connectivity index (χ4v) is 3.44. The van der Waals surface area contributed by atoms with Gasteiger partial charge in [0, 0.05) is 22.4 Å². The number of halogens is 1. The number of fused-ring (bicyclic) bond motifs is 1. The van der Waals surface area contributed by atoms with Gasteiger partial charge in [-0.1, -0.05) is 11.6 Å². The molecule has 1 N–H and O–H groups in total. The lowest BCUT2D eigenvalue weighted by Crippen LogP contribution is -2.26. The first-order valence-electron chi connectivity index (χ1n) is 7.26. The van der Waals surface area contributed by atoms with Crippen LogP contribution in [0, 0.1) is 0 Å². The molecule has 1 amide bonds. The maximum Gasteiger partial charge on any atom is 0.255 e. The Balaban J connectivity index is 1.55. The first-order chi connectivity index (χ1) is 11.2. The first-order valence-corrected chi connectivity index (χ1v) is 8.52. The molecule has 0 radical (unpaired) electrons. The Morgan fingerprint density at radius 2 is 2.30 bits per heavy atom. The van der Waals surface area contributed by atoms with E-state index in [1.807, 2.05) is 23.6 Å². The van der Waals surface area contributed by atoms with Gasteiger partial charge in [-0.2, -0.15) is 0 Å². The van der Waals surface area contributed by atoms with Gasteiger partial charge in [-0.3, -0.25) is 10.1 Å². The van der Waals surface area contributed by atoms with E-state index in [-0.39, 0.29) is 12.0 Å². The predicted molar refractivity (Wildman–Crippen MR) is 89.9 cm³/mol. The van der Waals surface area contributed by atoms with Crippen LogP contribution in [0.1, 0.15) is 12.8 Å². The van der Waals surface area contributed by atoms with Crippen molar-refractivity contribution in [3.8, 4) is 11.5 Å². The summed E-state index contributed by atoms with van der Waals surface area (Å²) in [7, 11) is 0. The highest BCUT2D eigenvalue weighted by Crippen LogP contribution is 2.31. The Morgan fingerprint density at radius 1 is 1.39 bits per heavy atom. The van der Waals surface area contributed by atoms with Crippen LogP contribution in [0.3, 0.4) is 0 Å². The van der Waals surface area contributed by atoms with Gasteiger partial charge in [0.2, 0.25) is 0 Å². The maximum absolute atomic E-state index is 12.0. The van der Waals surface area contributed by atoms with Crippen LogP contribution >= 0.6 is 22.9 Å². The molecule has 1 aromatic carbocycles. The van der Waals surface area contributed by atoms with Crippen LogP contribution in [0.25, 0.3) is 22.4 Å². The average molecular weight is 349 g/mol. The van der Waals surface area contributed by atoms with Gasteiger partial charge in [-0.25, -0.2) is 4.98 Å². The monoisotopic (exact) mass is 348 g/mol. The van der Waals surface area contributed by atoms with Crippen molar-refractivity contribution in [2.75, 3.05) is 11.9 Å². The third-order valence-corrected chi connectivity index (χ3v) is 4.68. The molecule has 23 heavy (non-hydrogen) atoms. The molecule has 1 aliphatic rings. The SMILES string of the molecule is O=C(Nc1nc(-c2cc3cc(Cl)ccc3o2)cs1)[C@@H]1CCCO1. The molecule has 1 saturated heterocycles. The van der Waals surface area contributed by atoms with Crippen LogP contribution in [0.4, 0.5) is 5.13 Å². The molecule has 0 saturated carbocycles. The molecule has 1 fully saturated rings. The van der Waals surface area contributed by atoms with Crippen molar-refractivity contribution in [3.05, 3.63) is 34.7 Å². The molecule has 1 aliphatic heterocycles. The Hall–Kier alpha value is -1.89. The lowest BCUT2D eigenvalue weighted by atomic mass is 10.2. The van der Waals surface area contributed by atoms with Crippen LogP contribution in [0.2, 0.25) is 5.02 Å². The van der Waals surface area contributed by atoms with Crippen LogP contribution in [-0.4, -0.2) is 23.6 Å². The average Bonchev–Trinajstić information content (AvgIpc) is 3.26. The van der Waals surface area contributed by atoms with Gasteiger partial charge in [0.05, 0.1) is 0 Å². The molecule has 1 atom stereocenters. The summed E-state index contributed by atoms with van der Waals surface area (Å²) < 4.78 is 11.1. The number of nitrogens with zero attached hydrogens (tertiary/aromatic N) is 1. The molecule has 0 bridgehead atoms. The Labute approximate surface area is 141 Å². The largest absolute Gasteiger partial charge is 0.454 e. The highest BCUT2D eigenvalue weighted by atomic mass is 35.5. The van der Waals surface area contributed by atoms with Gasteiger partial charge in [-0.15, -0.1) is 11.3 Å². The molecule has 0 unspecified atom stereocenters. The van der Waals surface area contributed by atoms with E-state index in [1.165, 1.54) is 11.3 Å². The Kier molecular flexibility index (Phi) is 3.80. The zero-order valence-corrected chi connectivity index (χ0v) is 13.6. The van der Waals surface area contributed by atoms with E-state index in [0.717, 1.165) is 23.8 Å². The van der Waals surface area contributed by atoms with E-state index in [9.17, 15) is 4.79 Å². The summed E-state index contributed by atoms with van der Waals surface area (Å²) in [5.74, 6) is 0.510. The normalized spacial score (nSPS) is 17.7. The van der Waals surface area contributed by atoms with Gasteiger partial charge in [0.25, 0.3) is 5.91 Å². The lowest BCUT2D eigenvalue weighted by molar-refractivity contribution is -0.124. The number of carbonyl (C=O) groups excluding carboxylic acids is 1. The number of ether oxygens (including phenoxy) is 1. The summed E-state index contributed by atoms with van der Waals surface area (Å²) in [5.41, 5.74) is 1.44. The summed E-state index contributed by atoms with van der Waals surface area (Å²) in [4.78, 5) is 16.4. The summed E-state index contributed by atoms with van der Waals surface area (Å²) in [6.07, 6.45) is 1.31. The smallest absolute Gasteiger partial charge is 0.255 e. The van der Waals surface area contributed by atoms with Crippen molar-refractivity contribution in [1.29, 1.82) is 0 Å². The highest BCUT2D eigenvalue weighted by molar-refractivity contribution is 7.14. The van der Waals surface area contributed by atoms with E-state index < -0.39 is 0 Å². The van der Waals surface area contributed by atoms with E-state index in [1.54, 1.807) is 6.07 Å². The molecule has 0 aliphatic carbocycles. The van der Waals surface area contributed by atoms with Gasteiger partial charge in [0.15, 0.2) is 10.9 Å². The van der Waals surface area contributed by atoms with Crippen molar-refractivity contribution in [2.24, 2.45) is 0 Å². The van der Waals surface area contributed by atoms with Crippen LogP contribution in [-0.2, 0) is 9.53 Å². The number of hydrogen-bond donors (Lipinski definition) is 1. The molecule has 3 aromatic rings. The van der Waals surface area contributed by atoms with E-state index in [0.29, 0.717) is 28.2 Å². The summed E-state index contributed by atoms with van der Waals surface area (Å²) in [6.45, 7) is 0.642. The molecular weight excluding hydrogens is 336 g/mol. The third kappa shape index (κ3) is 2.97. The van der Waals surface area contributed by atoms with Crippen LogP contribution in [0.5, 0.6) is 0 Å². The molecule has 3 heterocycles. The number of thiazole rings is 1. The Morgan fingerprint density at radius 3 is 3.13 bits per heavy atom. The second-order valence-electron chi connectivity index (χ2n) is 5.32. The zero-order valence-electron chi connectivity index (χ0n) is 12.0. The Bertz CT molecular complexity index is 867. The molecule has 0 spiro atoms. The van der Waals surface area contributed by atoms with Gasteiger partial charge < -0.3 is 9.15 Å². The molecule has 2 aromatic heterocycles. The number of rotatable bonds is 3. The summed E-state index contributed by atoms with van der Waals surface area (Å²) in [6, 6.07) is 7.34. The summed E-state index contributed by atoms with van der Waals surface area (Å²) >= 11 is 7.34. The molecule has 7 heteroatoms. The fraction of sp³-hybridized carbons (Fsp3) is 0.250. The summed E-state index contributed by atoms with van der Waals surface area (Å²) in [5, 5.41) is 6.77. The van der Waals surface area contributed by atoms with Crippen LogP contribution in [0.15, 0.2) is 34.1 Å². The van der Waals surface area contributed by atoms with E-state index in [2.05, 4.69) is 10.3 Å². The van der Waals surface area contributed by atoms with Crippen molar-refractivity contribution >= 4 is 44.9 Å². The highest BCUT2D eigenvalue weighted by Gasteiger charge is 2.24. The van der Waals surface area contributed by atoms with E-state index in [4.69, 9.17) is 20.8 Å². The van der Waals surface area contributed by atoms with E-state index >= 15 is 0 Å². The van der Waals surface area contributed by atoms with Crippen molar-refractivity contribution in [3.63, 3.8) is 0 Å². The number of carbonyl (C=O) groups is 1. The zero-order chi connectivity index (χ0) is 15.8. The molecular formula is C16H13ClN2O3S. The quantitative estimate of drug-likeness (QED) is 0.765. The minimum Gasteiger partial charge on any atom is -0.454 e. The van der Waals surface area contributed by atoms with Crippen molar-refractivity contribution in [2.45, 2.75) is 18.9 Å². The first kappa shape index (κ1) is 14.7. The third-order valence-electron chi connectivity index (χ3n) is 3.69. The van der Waals surface area contributed by atoms with Gasteiger partial charge >= 0.3 is 0 Å². The minimum atomic E-state index is -0.365. The number of nitrogens with one attached hydrogen (secondary N) is 1. The maximum atomic E-state index is 12.0. The number of hydrogen-bond acceptors (Lipinski definition) is 5. The number of furan rings is 1. The minimum absolute atomic E-state index is 0.139. The van der Waals surface area contributed by atoms with Crippen LogP contribution < -0.4 is 5.32 Å². The van der Waals surface area contributed by atoms with Gasteiger partial charge in [0.1, 0.15) is 17.4 Å². The standard InChI is InChI=1S/C16H13ClN2O3S/c17-10-3-4-12-9(6-10)7-14(22-12)11-8-23-16(18-11)19-15(20)13-2-1-5-21-13/h3-4,6-8,13H,1-2,5H2,(H,18,19,20)/t13-/m0/s1. The lowest BCUT2D eigenvalue weighted by Gasteiger charge is -2.07. The predicted octanol–water partition coefficient (Wildman–Crippen LogP) is 4.33. The molecule has 118 valence electrons. The fourth-order valence-electron chi connectivity index (χ4n) is 2.56. The van der Waals surface area contributed by atoms with Crippen molar-refractivity contribution < 1.29 is 13.9 Å². The topological polar surface area (TPSA) is 64.4 Å². The number of amides is 1. The number of aromatic nitrogens is 1. The van der Waals surface area contributed by atoms with Crippen molar-refractivity contribution in [1.82, 2.24) is 4.98 Å². The second-order valence-corrected chi connectivity index (χ2v) is 6.62. The molecule has 4 rings (SSSR count). The molecule has 5 nitrogen and oxygen atoms in total. The number of anilines is 1. The number of benzene rings is 1. The second kappa shape index (κ2) is 5.96. The van der Waals surface area contributed by atoms with Gasteiger partial charge in [-0.05, 0) is 37.1 Å².